The Bertz CT molecular complexity index is 1230. The van der Waals surface area contributed by atoms with Gasteiger partial charge in [-0.3, -0.25) is 14.7 Å². The fourth-order valence-corrected chi connectivity index (χ4v) is 3.96. The summed E-state index contributed by atoms with van der Waals surface area (Å²) < 4.78 is 25.9. The molecule has 1 unspecified atom stereocenters. The van der Waals surface area contributed by atoms with E-state index in [4.69, 9.17) is 15.2 Å². The fourth-order valence-electron chi connectivity index (χ4n) is 3.96. The molecule has 2 heterocycles. The highest BCUT2D eigenvalue weighted by Gasteiger charge is 2.50. The number of nitrogens with two attached hydrogens (primary N) is 1. The van der Waals surface area contributed by atoms with Crippen LogP contribution in [0.1, 0.15) is 25.0 Å². The quantitative estimate of drug-likeness (QED) is 0.595. The van der Waals surface area contributed by atoms with Crippen LogP contribution in [0, 0.1) is 5.82 Å². The highest BCUT2D eigenvalue weighted by molar-refractivity contribution is 6.09. The van der Waals surface area contributed by atoms with E-state index in [2.05, 4.69) is 9.98 Å². The van der Waals surface area contributed by atoms with Crippen LogP contribution in [-0.4, -0.2) is 42.0 Å². The lowest BCUT2D eigenvalue weighted by Gasteiger charge is -2.27. The summed E-state index contributed by atoms with van der Waals surface area (Å²) in [5.41, 5.74) is 6.65. The number of likely N-dealkylation sites (N-methyl/N-ethyl adjacent to an activating group) is 1. The summed E-state index contributed by atoms with van der Waals surface area (Å²) in [6.07, 6.45) is 2.84. The molecule has 0 fully saturated rings. The lowest BCUT2D eigenvalue weighted by molar-refractivity contribution is -0.129. The van der Waals surface area contributed by atoms with Crippen molar-refractivity contribution >= 4 is 11.9 Å². The number of guanidine groups is 1. The molecule has 0 radical (unpaired) electrons. The molecule has 2 N–H and O–H groups in total. The van der Waals surface area contributed by atoms with E-state index >= 15 is 0 Å². The van der Waals surface area contributed by atoms with Crippen molar-refractivity contribution in [1.82, 2.24) is 9.88 Å². The highest BCUT2D eigenvalue weighted by atomic mass is 19.1. The minimum atomic E-state index is -1.45. The second kappa shape index (κ2) is 8.90. The second-order valence-electron chi connectivity index (χ2n) is 7.51. The van der Waals surface area contributed by atoms with E-state index < -0.39 is 11.4 Å². The molecule has 1 aliphatic rings. The molecule has 4 rings (SSSR count). The third kappa shape index (κ3) is 3.77. The smallest absolute Gasteiger partial charge is 0.266 e. The van der Waals surface area contributed by atoms with Gasteiger partial charge in [-0.25, -0.2) is 9.38 Å². The molecule has 0 saturated carbocycles. The van der Waals surface area contributed by atoms with Gasteiger partial charge in [-0.15, -0.1) is 0 Å². The number of hydrogen-bond donors (Lipinski definition) is 1. The van der Waals surface area contributed by atoms with Crippen LogP contribution < -0.4 is 15.2 Å². The SMILES string of the molecule is CCOc1ccc(C2(c3cccc(-c4cnccc4F)c3)N=C(N)N(C)C2=O)cc1OCC. The van der Waals surface area contributed by atoms with Gasteiger partial charge >= 0.3 is 0 Å². The zero-order valence-corrected chi connectivity index (χ0v) is 18.7. The third-order valence-electron chi connectivity index (χ3n) is 5.56. The molecule has 0 aliphatic carbocycles. The maximum Gasteiger partial charge on any atom is 0.266 e. The van der Waals surface area contributed by atoms with Crippen LogP contribution in [-0.2, 0) is 10.3 Å². The van der Waals surface area contributed by atoms with Crippen molar-refractivity contribution in [1.29, 1.82) is 0 Å². The Hall–Kier alpha value is -3.94. The van der Waals surface area contributed by atoms with Crippen molar-refractivity contribution in [3.05, 3.63) is 77.9 Å². The molecule has 8 heteroatoms. The van der Waals surface area contributed by atoms with Crippen molar-refractivity contribution in [2.24, 2.45) is 10.7 Å². The van der Waals surface area contributed by atoms with E-state index in [9.17, 15) is 9.18 Å². The number of ether oxygens (including phenoxy) is 2. The van der Waals surface area contributed by atoms with Crippen LogP contribution in [0.15, 0.2) is 65.9 Å². The molecule has 7 nitrogen and oxygen atoms in total. The predicted molar refractivity (Wildman–Crippen MR) is 124 cm³/mol. The largest absolute Gasteiger partial charge is 0.490 e. The van der Waals surface area contributed by atoms with Gasteiger partial charge in [0, 0.05) is 25.0 Å². The molecule has 1 aliphatic heterocycles. The van der Waals surface area contributed by atoms with Crippen LogP contribution in [0.4, 0.5) is 4.39 Å². The first-order valence-electron chi connectivity index (χ1n) is 10.7. The number of aromatic nitrogens is 1. The summed E-state index contributed by atoms with van der Waals surface area (Å²) in [6, 6.07) is 13.6. The lowest BCUT2D eigenvalue weighted by Crippen LogP contribution is -2.41. The van der Waals surface area contributed by atoms with Gasteiger partial charge in [-0.05, 0) is 54.8 Å². The number of hydrogen-bond acceptors (Lipinski definition) is 6. The summed E-state index contributed by atoms with van der Waals surface area (Å²) >= 11 is 0. The van der Waals surface area contributed by atoms with Crippen LogP contribution in [0.3, 0.4) is 0 Å². The Kier molecular flexibility index (Phi) is 6.00. The number of carbonyl (C=O) groups is 1. The van der Waals surface area contributed by atoms with Crippen LogP contribution in [0.25, 0.3) is 11.1 Å². The topological polar surface area (TPSA) is 90.0 Å². The fraction of sp³-hybridized carbons (Fsp3) is 0.240. The number of pyridine rings is 1. The Labute approximate surface area is 191 Å². The number of amides is 1. The van der Waals surface area contributed by atoms with Gasteiger partial charge in [0.2, 0.25) is 0 Å². The minimum Gasteiger partial charge on any atom is -0.490 e. The van der Waals surface area contributed by atoms with Crippen molar-refractivity contribution in [3.63, 3.8) is 0 Å². The number of carbonyl (C=O) groups excluding carboxylic acids is 1. The number of aliphatic imine (C=N–C) groups is 1. The van der Waals surface area contributed by atoms with Gasteiger partial charge in [-0.2, -0.15) is 0 Å². The molecule has 170 valence electrons. The number of benzene rings is 2. The zero-order valence-electron chi connectivity index (χ0n) is 18.7. The Morgan fingerprint density at radius 3 is 2.42 bits per heavy atom. The van der Waals surface area contributed by atoms with Gasteiger partial charge in [-0.1, -0.05) is 24.3 Å². The Balaban J connectivity index is 1.93. The summed E-state index contributed by atoms with van der Waals surface area (Å²) in [5, 5.41) is 0. The molecule has 33 heavy (non-hydrogen) atoms. The third-order valence-corrected chi connectivity index (χ3v) is 5.56. The summed E-state index contributed by atoms with van der Waals surface area (Å²) in [4.78, 5) is 23.6. The monoisotopic (exact) mass is 448 g/mol. The molecule has 3 aromatic rings. The predicted octanol–water partition coefficient (Wildman–Crippen LogP) is 3.72. The van der Waals surface area contributed by atoms with Gasteiger partial charge in [0.1, 0.15) is 5.82 Å². The zero-order chi connectivity index (χ0) is 23.6. The standard InChI is InChI=1S/C25H25FN4O3/c1-4-32-21-10-9-18(14-22(21)33-5-2)25(23(31)30(3)24(27)29-25)17-8-6-7-16(13-17)19-15-28-12-11-20(19)26/h6-15H,4-5H2,1-3H3,(H2,27,29). The van der Waals surface area contributed by atoms with Gasteiger partial charge in [0.25, 0.3) is 5.91 Å². The first-order chi connectivity index (χ1) is 15.9. The molecule has 1 amide bonds. The van der Waals surface area contributed by atoms with Crippen molar-refractivity contribution in [3.8, 4) is 22.6 Å². The van der Waals surface area contributed by atoms with E-state index in [1.54, 1.807) is 49.5 Å². The van der Waals surface area contributed by atoms with E-state index in [0.29, 0.717) is 47.0 Å². The minimum absolute atomic E-state index is 0.0878. The molecule has 1 atom stereocenters. The molecular formula is C25H25FN4O3. The van der Waals surface area contributed by atoms with Crippen molar-refractivity contribution in [2.75, 3.05) is 20.3 Å². The van der Waals surface area contributed by atoms with Crippen molar-refractivity contribution < 1.29 is 18.7 Å². The van der Waals surface area contributed by atoms with E-state index in [-0.39, 0.29) is 11.9 Å². The van der Waals surface area contributed by atoms with Gasteiger partial charge in [0.15, 0.2) is 23.0 Å². The first-order valence-corrected chi connectivity index (χ1v) is 10.7. The number of rotatable bonds is 7. The summed E-state index contributed by atoms with van der Waals surface area (Å²) in [5.74, 6) is 0.427. The second-order valence-corrected chi connectivity index (χ2v) is 7.51. The summed E-state index contributed by atoms with van der Waals surface area (Å²) in [6.45, 7) is 4.64. The molecule has 0 spiro atoms. The average Bonchev–Trinajstić information content (AvgIpc) is 3.06. The Morgan fingerprint density at radius 2 is 1.76 bits per heavy atom. The van der Waals surface area contributed by atoms with Crippen LogP contribution in [0.5, 0.6) is 11.5 Å². The Morgan fingerprint density at radius 1 is 1.03 bits per heavy atom. The first kappa shape index (κ1) is 22.3. The van der Waals surface area contributed by atoms with Crippen LogP contribution in [0.2, 0.25) is 0 Å². The highest BCUT2D eigenvalue weighted by Crippen LogP contribution is 2.43. The van der Waals surface area contributed by atoms with Crippen LogP contribution >= 0.6 is 0 Å². The molecule has 1 aromatic heterocycles. The normalized spacial score (nSPS) is 17.8. The molecular weight excluding hydrogens is 423 g/mol. The van der Waals surface area contributed by atoms with Gasteiger partial charge < -0.3 is 15.2 Å². The summed E-state index contributed by atoms with van der Waals surface area (Å²) in [7, 11) is 1.57. The molecule has 0 saturated heterocycles. The van der Waals surface area contributed by atoms with E-state index in [0.717, 1.165) is 0 Å². The maximum absolute atomic E-state index is 14.5. The van der Waals surface area contributed by atoms with E-state index in [1.165, 1.54) is 23.4 Å². The average molecular weight is 448 g/mol. The number of halogens is 1. The van der Waals surface area contributed by atoms with Crippen molar-refractivity contribution in [2.45, 2.75) is 19.4 Å². The molecule has 2 aromatic carbocycles. The molecule has 0 bridgehead atoms. The lowest BCUT2D eigenvalue weighted by atomic mass is 9.81. The maximum atomic E-state index is 14.5. The number of nitrogens with zero attached hydrogens (tertiary/aromatic N) is 3. The van der Waals surface area contributed by atoms with E-state index in [1.807, 2.05) is 13.8 Å². The van der Waals surface area contributed by atoms with Gasteiger partial charge in [0.05, 0.1) is 13.2 Å².